The number of unbranched alkanes of at least 4 members (excludes halogenated alkanes) is 10. The van der Waals surface area contributed by atoms with E-state index >= 15 is 0 Å². The monoisotopic (exact) mass is 334 g/mol. The minimum atomic E-state index is 0.872. The van der Waals surface area contributed by atoms with E-state index in [9.17, 15) is 5.21 Å². The second kappa shape index (κ2) is 14.1. The van der Waals surface area contributed by atoms with Gasteiger partial charge in [-0.15, -0.1) is 0 Å². The van der Waals surface area contributed by atoms with Gasteiger partial charge in [-0.05, 0) is 12.8 Å². The fraction of sp³-hybridized carbons (Fsp3) is 0.762. The van der Waals surface area contributed by atoms with Crippen LogP contribution in [0, 0.1) is 5.21 Å². The Bertz CT molecular complexity index is 375. The molecule has 1 heterocycles. The van der Waals surface area contributed by atoms with Crippen LogP contribution in [0.5, 0.6) is 0 Å². The number of hydrogen-bond donors (Lipinski definition) is 0. The molecule has 0 bridgehead atoms. The van der Waals surface area contributed by atoms with Crippen LogP contribution in [0.25, 0.3) is 0 Å². The van der Waals surface area contributed by atoms with Gasteiger partial charge in [0.15, 0.2) is 12.4 Å². The fourth-order valence-electron chi connectivity index (χ4n) is 3.15. The molecular weight excluding hydrogens is 296 g/mol. The number of nitrogens with zero attached hydrogens (tertiary/aromatic N) is 2. The molecule has 0 atom stereocenters. The second-order valence-corrected chi connectivity index (χ2v) is 6.94. The molecule has 0 N–H and O–H groups in total. The van der Waals surface area contributed by atoms with Gasteiger partial charge >= 0.3 is 0 Å². The van der Waals surface area contributed by atoms with Crippen molar-refractivity contribution in [2.75, 3.05) is 18.0 Å². The summed E-state index contributed by atoms with van der Waals surface area (Å²) in [5.74, 6) is 0. The van der Waals surface area contributed by atoms with Crippen LogP contribution in [0.3, 0.4) is 0 Å². The first kappa shape index (κ1) is 20.8. The highest BCUT2D eigenvalue weighted by atomic mass is 16.5. The van der Waals surface area contributed by atoms with Crippen LogP contribution >= 0.6 is 0 Å². The average molecular weight is 335 g/mol. The standard InChI is InChI=1S/C21H38N2O/c1-3-5-7-9-11-13-17-22(18-14-12-10-8-6-4-2)21-15-19-23(24)20-16-21/h15-16,19-20H,3-14,17-18H2,1-2H3. The molecule has 0 spiro atoms. The van der Waals surface area contributed by atoms with Gasteiger partial charge in [0, 0.05) is 30.9 Å². The van der Waals surface area contributed by atoms with Gasteiger partial charge in [-0.2, -0.15) is 4.73 Å². The summed E-state index contributed by atoms with van der Waals surface area (Å²) in [6.45, 7) is 6.76. The molecule has 0 aliphatic carbocycles. The molecule has 1 aromatic rings. The van der Waals surface area contributed by atoms with Crippen molar-refractivity contribution in [3.8, 4) is 0 Å². The Labute approximate surface area is 149 Å². The van der Waals surface area contributed by atoms with Gasteiger partial charge in [-0.3, -0.25) is 0 Å². The Morgan fingerprint density at radius 3 is 1.58 bits per heavy atom. The zero-order valence-corrected chi connectivity index (χ0v) is 16.0. The molecule has 0 aliphatic rings. The lowest BCUT2D eigenvalue weighted by molar-refractivity contribution is -0.605. The van der Waals surface area contributed by atoms with Crippen LogP contribution < -0.4 is 9.63 Å². The first-order chi connectivity index (χ1) is 11.8. The van der Waals surface area contributed by atoms with Gasteiger partial charge in [0.25, 0.3) is 0 Å². The van der Waals surface area contributed by atoms with E-state index in [2.05, 4.69) is 18.7 Å². The van der Waals surface area contributed by atoms with Gasteiger partial charge in [0.1, 0.15) is 0 Å². The molecule has 0 amide bonds. The number of hydrogen-bond acceptors (Lipinski definition) is 2. The van der Waals surface area contributed by atoms with Crippen LogP contribution in [0.15, 0.2) is 24.5 Å². The smallest absolute Gasteiger partial charge is 0.182 e. The van der Waals surface area contributed by atoms with E-state index in [1.807, 2.05) is 12.1 Å². The lowest BCUT2D eigenvalue weighted by atomic mass is 10.1. The minimum Gasteiger partial charge on any atom is -0.619 e. The largest absolute Gasteiger partial charge is 0.619 e. The second-order valence-electron chi connectivity index (χ2n) is 6.94. The fourth-order valence-corrected chi connectivity index (χ4v) is 3.15. The Balaban J connectivity index is 2.34. The zero-order chi connectivity index (χ0) is 17.5. The number of anilines is 1. The Morgan fingerprint density at radius 2 is 1.12 bits per heavy atom. The van der Waals surface area contributed by atoms with Crippen molar-refractivity contribution < 1.29 is 4.73 Å². The lowest BCUT2D eigenvalue weighted by Crippen LogP contribution is -2.29. The Kier molecular flexibility index (Phi) is 12.2. The summed E-state index contributed by atoms with van der Waals surface area (Å²) in [5.41, 5.74) is 1.20. The van der Waals surface area contributed by atoms with Crippen molar-refractivity contribution in [3.05, 3.63) is 29.7 Å². The molecule has 0 fully saturated rings. The number of rotatable bonds is 15. The molecule has 138 valence electrons. The SMILES string of the molecule is CCCCCCCCN(CCCCCCCC)c1cc[n+]([O-])cc1. The third-order valence-corrected chi connectivity index (χ3v) is 4.71. The quantitative estimate of drug-likeness (QED) is 0.229. The van der Waals surface area contributed by atoms with E-state index < -0.39 is 0 Å². The van der Waals surface area contributed by atoms with Gasteiger partial charge in [0.2, 0.25) is 0 Å². The van der Waals surface area contributed by atoms with Crippen LogP contribution in [0.2, 0.25) is 0 Å². The van der Waals surface area contributed by atoms with Crippen LogP contribution in [0.4, 0.5) is 5.69 Å². The third kappa shape index (κ3) is 9.79. The predicted octanol–water partition coefficient (Wildman–Crippen LogP) is 5.85. The van der Waals surface area contributed by atoms with Gasteiger partial charge < -0.3 is 10.1 Å². The summed E-state index contributed by atoms with van der Waals surface area (Å²) in [4.78, 5) is 2.47. The topological polar surface area (TPSA) is 30.2 Å². The normalized spacial score (nSPS) is 10.9. The van der Waals surface area contributed by atoms with Crippen molar-refractivity contribution >= 4 is 5.69 Å². The molecule has 3 nitrogen and oxygen atoms in total. The molecule has 0 aliphatic heterocycles. The first-order valence-electron chi connectivity index (χ1n) is 10.2. The summed E-state index contributed by atoms with van der Waals surface area (Å²) in [7, 11) is 0. The zero-order valence-electron chi connectivity index (χ0n) is 16.0. The summed E-state index contributed by atoms with van der Waals surface area (Å²) in [6, 6.07) is 3.92. The molecular formula is C21H38N2O. The van der Waals surface area contributed by atoms with E-state index in [1.54, 1.807) is 12.4 Å². The maximum absolute atomic E-state index is 11.3. The van der Waals surface area contributed by atoms with E-state index in [1.165, 1.54) is 82.7 Å². The van der Waals surface area contributed by atoms with Gasteiger partial charge in [-0.25, -0.2) is 0 Å². The summed E-state index contributed by atoms with van der Waals surface area (Å²) in [5, 5.41) is 11.3. The van der Waals surface area contributed by atoms with E-state index in [4.69, 9.17) is 0 Å². The highest BCUT2D eigenvalue weighted by molar-refractivity contribution is 5.43. The first-order valence-corrected chi connectivity index (χ1v) is 10.2. The molecule has 0 saturated heterocycles. The van der Waals surface area contributed by atoms with E-state index in [-0.39, 0.29) is 0 Å². The lowest BCUT2D eigenvalue weighted by Gasteiger charge is -2.24. The summed E-state index contributed by atoms with van der Waals surface area (Å²) >= 11 is 0. The van der Waals surface area contributed by atoms with Gasteiger partial charge in [0.05, 0.1) is 0 Å². The van der Waals surface area contributed by atoms with Crippen molar-refractivity contribution in [1.82, 2.24) is 0 Å². The van der Waals surface area contributed by atoms with Crippen molar-refractivity contribution in [2.45, 2.75) is 90.9 Å². The van der Waals surface area contributed by atoms with Crippen LogP contribution in [0.1, 0.15) is 90.9 Å². The number of aromatic nitrogens is 1. The average Bonchev–Trinajstić information content (AvgIpc) is 2.60. The molecule has 1 rings (SSSR count). The highest BCUT2D eigenvalue weighted by Gasteiger charge is 2.07. The maximum atomic E-state index is 11.3. The number of pyridine rings is 1. The third-order valence-electron chi connectivity index (χ3n) is 4.71. The van der Waals surface area contributed by atoms with Crippen LogP contribution in [-0.4, -0.2) is 13.1 Å². The predicted molar refractivity (Wildman–Crippen MR) is 104 cm³/mol. The van der Waals surface area contributed by atoms with Crippen LogP contribution in [-0.2, 0) is 0 Å². The van der Waals surface area contributed by atoms with Crippen molar-refractivity contribution in [1.29, 1.82) is 0 Å². The summed E-state index contributed by atoms with van der Waals surface area (Å²) < 4.78 is 0.872. The molecule has 0 saturated carbocycles. The van der Waals surface area contributed by atoms with Crippen molar-refractivity contribution in [3.63, 3.8) is 0 Å². The molecule has 0 radical (unpaired) electrons. The van der Waals surface area contributed by atoms with E-state index in [0.29, 0.717) is 0 Å². The highest BCUT2D eigenvalue weighted by Crippen LogP contribution is 2.16. The van der Waals surface area contributed by atoms with Crippen molar-refractivity contribution in [2.24, 2.45) is 0 Å². The van der Waals surface area contributed by atoms with Gasteiger partial charge in [-0.1, -0.05) is 78.1 Å². The Hall–Kier alpha value is -1.25. The molecule has 24 heavy (non-hydrogen) atoms. The Morgan fingerprint density at radius 1 is 0.708 bits per heavy atom. The summed E-state index contributed by atoms with van der Waals surface area (Å²) in [6.07, 6.45) is 19.2. The minimum absolute atomic E-state index is 0.872. The molecule has 0 aromatic carbocycles. The van der Waals surface area contributed by atoms with E-state index in [0.717, 1.165) is 17.8 Å². The molecule has 3 heteroatoms. The maximum Gasteiger partial charge on any atom is 0.182 e. The molecule has 1 aromatic heterocycles. The molecule has 0 unspecified atom stereocenters.